The molecule has 0 fully saturated rings. The minimum Gasteiger partial charge on any atom is -0.508 e. The topological polar surface area (TPSA) is 58.0 Å². The summed E-state index contributed by atoms with van der Waals surface area (Å²) in [4.78, 5) is 8.79. The van der Waals surface area contributed by atoms with Crippen LogP contribution in [0.4, 0.5) is 10.2 Å². The molecule has 4 nitrogen and oxygen atoms in total. The van der Waals surface area contributed by atoms with Crippen molar-refractivity contribution in [3.05, 3.63) is 35.3 Å². The van der Waals surface area contributed by atoms with E-state index in [1.54, 1.807) is 0 Å². The van der Waals surface area contributed by atoms with Gasteiger partial charge in [0.05, 0.1) is 0 Å². The second-order valence-corrected chi connectivity index (χ2v) is 4.73. The van der Waals surface area contributed by atoms with E-state index in [1.165, 1.54) is 12.1 Å². The second-order valence-electron chi connectivity index (χ2n) is 4.73. The molecule has 0 atom stereocenters. The fraction of sp³-hybridized carbons (Fsp3) is 0.333. The van der Waals surface area contributed by atoms with E-state index in [0.29, 0.717) is 11.4 Å². The van der Waals surface area contributed by atoms with Gasteiger partial charge in [-0.2, -0.15) is 0 Å². The molecular formula is C15H18FN3O. The first kappa shape index (κ1) is 14.2. The highest BCUT2D eigenvalue weighted by atomic mass is 19.1. The zero-order valence-corrected chi connectivity index (χ0v) is 11.9. The first-order chi connectivity index (χ1) is 9.51. The van der Waals surface area contributed by atoms with Crippen LogP contribution in [-0.2, 0) is 0 Å². The second kappa shape index (κ2) is 5.86. The Kier molecular flexibility index (Phi) is 4.17. The summed E-state index contributed by atoms with van der Waals surface area (Å²) < 4.78 is 13.4. The fourth-order valence-corrected chi connectivity index (χ4v) is 1.88. The van der Waals surface area contributed by atoms with E-state index < -0.39 is 5.82 Å². The Hall–Kier alpha value is -2.17. The number of halogens is 1. The summed E-state index contributed by atoms with van der Waals surface area (Å²) >= 11 is 0. The molecule has 1 aromatic carbocycles. The summed E-state index contributed by atoms with van der Waals surface area (Å²) in [6.45, 7) is 6.71. The summed E-state index contributed by atoms with van der Waals surface area (Å²) in [6.07, 6.45) is 0.985. The molecule has 0 aliphatic heterocycles. The van der Waals surface area contributed by atoms with Crippen LogP contribution in [-0.4, -0.2) is 21.6 Å². The molecule has 106 valence electrons. The van der Waals surface area contributed by atoms with Crippen molar-refractivity contribution in [1.29, 1.82) is 0 Å². The Morgan fingerprint density at radius 2 is 1.95 bits per heavy atom. The van der Waals surface area contributed by atoms with Crippen molar-refractivity contribution in [3.63, 3.8) is 0 Å². The van der Waals surface area contributed by atoms with E-state index in [4.69, 9.17) is 0 Å². The Morgan fingerprint density at radius 3 is 2.60 bits per heavy atom. The number of hydrogen-bond acceptors (Lipinski definition) is 4. The molecule has 2 rings (SSSR count). The van der Waals surface area contributed by atoms with Crippen molar-refractivity contribution < 1.29 is 9.50 Å². The summed E-state index contributed by atoms with van der Waals surface area (Å²) in [6, 6.07) is 3.82. The minimum atomic E-state index is -0.509. The van der Waals surface area contributed by atoms with E-state index in [9.17, 15) is 9.50 Å². The standard InChI is InChI=1S/C15H18FN3O/c1-4-5-17-14-9(2)10(3)18-15(19-14)11-6-12(16)8-13(20)7-11/h6-8,20H,4-5H2,1-3H3,(H,17,18,19). The molecule has 5 heteroatoms. The first-order valence-electron chi connectivity index (χ1n) is 6.60. The lowest BCUT2D eigenvalue weighted by Gasteiger charge is -2.12. The molecular weight excluding hydrogens is 257 g/mol. The summed E-state index contributed by atoms with van der Waals surface area (Å²) in [5, 5.41) is 12.7. The van der Waals surface area contributed by atoms with Gasteiger partial charge < -0.3 is 10.4 Å². The molecule has 2 N–H and O–H groups in total. The molecule has 0 radical (unpaired) electrons. The van der Waals surface area contributed by atoms with Gasteiger partial charge in [0, 0.05) is 29.4 Å². The van der Waals surface area contributed by atoms with Gasteiger partial charge in [-0.3, -0.25) is 0 Å². The van der Waals surface area contributed by atoms with Crippen molar-refractivity contribution in [3.8, 4) is 17.1 Å². The predicted octanol–water partition coefficient (Wildman–Crippen LogP) is 3.43. The van der Waals surface area contributed by atoms with E-state index in [-0.39, 0.29) is 5.75 Å². The number of nitrogens with zero attached hydrogens (tertiary/aromatic N) is 2. The number of rotatable bonds is 4. The van der Waals surface area contributed by atoms with Crippen LogP contribution in [0.3, 0.4) is 0 Å². The number of aryl methyl sites for hydroxylation is 1. The Labute approximate surface area is 117 Å². The lowest BCUT2D eigenvalue weighted by atomic mass is 10.1. The molecule has 0 unspecified atom stereocenters. The third-order valence-electron chi connectivity index (χ3n) is 3.07. The van der Waals surface area contributed by atoms with Gasteiger partial charge in [0.25, 0.3) is 0 Å². The number of nitrogens with one attached hydrogen (secondary N) is 1. The Bertz CT molecular complexity index is 609. The number of phenols is 1. The zero-order chi connectivity index (χ0) is 14.7. The number of aromatic hydroxyl groups is 1. The van der Waals surface area contributed by atoms with Gasteiger partial charge in [0.15, 0.2) is 5.82 Å². The number of benzene rings is 1. The van der Waals surface area contributed by atoms with E-state index >= 15 is 0 Å². The van der Waals surface area contributed by atoms with Crippen LogP contribution in [0.5, 0.6) is 5.75 Å². The highest BCUT2D eigenvalue weighted by molar-refractivity contribution is 5.61. The van der Waals surface area contributed by atoms with Gasteiger partial charge in [-0.05, 0) is 32.4 Å². The van der Waals surface area contributed by atoms with E-state index in [1.807, 2.05) is 13.8 Å². The van der Waals surface area contributed by atoms with E-state index in [2.05, 4.69) is 22.2 Å². The number of aromatic nitrogens is 2. The molecule has 0 saturated heterocycles. The molecule has 20 heavy (non-hydrogen) atoms. The molecule has 0 aliphatic rings. The van der Waals surface area contributed by atoms with Crippen molar-refractivity contribution in [1.82, 2.24) is 9.97 Å². The van der Waals surface area contributed by atoms with Crippen molar-refractivity contribution >= 4 is 5.82 Å². The average molecular weight is 275 g/mol. The van der Waals surface area contributed by atoms with Crippen molar-refractivity contribution in [2.75, 3.05) is 11.9 Å². The lowest BCUT2D eigenvalue weighted by molar-refractivity contribution is 0.469. The third-order valence-corrected chi connectivity index (χ3v) is 3.07. The van der Waals surface area contributed by atoms with Crippen molar-refractivity contribution in [2.45, 2.75) is 27.2 Å². The highest BCUT2D eigenvalue weighted by Crippen LogP contribution is 2.25. The van der Waals surface area contributed by atoms with Gasteiger partial charge in [-0.15, -0.1) is 0 Å². The molecule has 0 amide bonds. The van der Waals surface area contributed by atoms with Crippen LogP contribution in [0.25, 0.3) is 11.4 Å². The lowest BCUT2D eigenvalue weighted by Crippen LogP contribution is -2.07. The minimum absolute atomic E-state index is 0.134. The largest absolute Gasteiger partial charge is 0.508 e. The molecule has 1 aromatic heterocycles. The molecule has 0 saturated carbocycles. The van der Waals surface area contributed by atoms with Gasteiger partial charge in [0.1, 0.15) is 17.4 Å². The maximum absolute atomic E-state index is 13.4. The SMILES string of the molecule is CCCNc1nc(-c2cc(O)cc(F)c2)nc(C)c1C. The number of hydrogen-bond donors (Lipinski definition) is 2. The molecule has 0 spiro atoms. The maximum atomic E-state index is 13.4. The molecule has 0 bridgehead atoms. The van der Waals surface area contributed by atoms with Gasteiger partial charge in [0.2, 0.25) is 0 Å². The van der Waals surface area contributed by atoms with Crippen LogP contribution in [0.1, 0.15) is 24.6 Å². The van der Waals surface area contributed by atoms with Crippen LogP contribution in [0, 0.1) is 19.7 Å². The summed E-state index contributed by atoms with van der Waals surface area (Å²) in [7, 11) is 0. The van der Waals surface area contributed by atoms with Crippen LogP contribution < -0.4 is 5.32 Å². The highest BCUT2D eigenvalue weighted by Gasteiger charge is 2.11. The number of anilines is 1. The molecule has 0 aliphatic carbocycles. The number of phenolic OH excluding ortho intramolecular Hbond substituents is 1. The average Bonchev–Trinajstić information content (AvgIpc) is 2.39. The predicted molar refractivity (Wildman–Crippen MR) is 77.3 cm³/mol. The molecule has 2 aromatic rings. The smallest absolute Gasteiger partial charge is 0.162 e. The maximum Gasteiger partial charge on any atom is 0.162 e. The quantitative estimate of drug-likeness (QED) is 0.897. The third kappa shape index (κ3) is 3.04. The first-order valence-corrected chi connectivity index (χ1v) is 6.60. The monoisotopic (exact) mass is 275 g/mol. The summed E-state index contributed by atoms with van der Waals surface area (Å²) in [5.41, 5.74) is 2.27. The normalized spacial score (nSPS) is 10.6. The van der Waals surface area contributed by atoms with Gasteiger partial charge in [-0.1, -0.05) is 6.92 Å². The van der Waals surface area contributed by atoms with Crippen LogP contribution >= 0.6 is 0 Å². The fourth-order valence-electron chi connectivity index (χ4n) is 1.88. The Morgan fingerprint density at radius 1 is 1.20 bits per heavy atom. The van der Waals surface area contributed by atoms with Gasteiger partial charge in [-0.25, -0.2) is 14.4 Å². The summed E-state index contributed by atoms with van der Waals surface area (Å²) in [5.74, 6) is 0.509. The Balaban J connectivity index is 2.48. The zero-order valence-electron chi connectivity index (χ0n) is 11.9. The van der Waals surface area contributed by atoms with E-state index in [0.717, 1.165) is 36.1 Å². The van der Waals surface area contributed by atoms with Gasteiger partial charge >= 0.3 is 0 Å². The van der Waals surface area contributed by atoms with Crippen molar-refractivity contribution in [2.24, 2.45) is 0 Å². The van der Waals surface area contributed by atoms with Crippen LogP contribution in [0.2, 0.25) is 0 Å². The molecule has 1 heterocycles. The van der Waals surface area contributed by atoms with Crippen LogP contribution in [0.15, 0.2) is 18.2 Å².